The first-order valence-electron chi connectivity index (χ1n) is 9.29. The van der Waals surface area contributed by atoms with Crippen LogP contribution in [0.1, 0.15) is 33.4 Å². The molecule has 1 atom stereocenters. The Morgan fingerprint density at radius 1 is 1.00 bits per heavy atom. The van der Waals surface area contributed by atoms with Crippen LogP contribution < -0.4 is 4.90 Å². The van der Waals surface area contributed by atoms with Crippen molar-refractivity contribution in [2.75, 3.05) is 4.90 Å². The van der Waals surface area contributed by atoms with E-state index in [2.05, 4.69) is 15.2 Å². The summed E-state index contributed by atoms with van der Waals surface area (Å²) in [7, 11) is 0. The molecule has 0 aliphatic carbocycles. The molecular formula is C23H17ClN4O. The number of benzene rings is 2. The van der Waals surface area contributed by atoms with Crippen molar-refractivity contribution in [1.82, 2.24) is 15.2 Å². The van der Waals surface area contributed by atoms with Gasteiger partial charge in [-0.2, -0.15) is 5.10 Å². The molecule has 0 saturated carbocycles. The number of aromatic amines is 1. The molecule has 0 radical (unpaired) electrons. The highest BCUT2D eigenvalue weighted by Crippen LogP contribution is 2.44. The standard InChI is InChI=1S/C23H17ClN4O/c1-14-5-11-17(12-6-14)28-22(18-4-2-3-13-25-18)19-20(26-27-21(19)23(28)29)15-7-9-16(24)10-8-15/h2-13,22H,1H3,(H,26,27)/t22-/m0/s1. The fraction of sp³-hybridized carbons (Fsp3) is 0.0870. The van der Waals surface area contributed by atoms with E-state index in [0.29, 0.717) is 10.7 Å². The van der Waals surface area contributed by atoms with Crippen LogP contribution >= 0.6 is 11.6 Å². The minimum absolute atomic E-state index is 0.118. The summed E-state index contributed by atoms with van der Waals surface area (Å²) in [6.07, 6.45) is 1.74. The molecule has 2 aromatic heterocycles. The molecule has 3 heterocycles. The lowest BCUT2D eigenvalue weighted by Crippen LogP contribution is -2.29. The summed E-state index contributed by atoms with van der Waals surface area (Å²) in [4.78, 5) is 19.7. The van der Waals surface area contributed by atoms with Gasteiger partial charge in [0.25, 0.3) is 5.91 Å². The Hall–Kier alpha value is -3.44. The fourth-order valence-corrected chi connectivity index (χ4v) is 3.89. The van der Waals surface area contributed by atoms with Crippen molar-refractivity contribution < 1.29 is 4.79 Å². The number of aryl methyl sites for hydroxylation is 1. The Morgan fingerprint density at radius 3 is 2.45 bits per heavy atom. The molecule has 1 aliphatic heterocycles. The van der Waals surface area contributed by atoms with Gasteiger partial charge in [0.2, 0.25) is 0 Å². The maximum Gasteiger partial charge on any atom is 0.277 e. The molecule has 0 spiro atoms. The highest BCUT2D eigenvalue weighted by Gasteiger charge is 2.43. The third-order valence-corrected chi connectivity index (χ3v) is 5.42. The summed E-state index contributed by atoms with van der Waals surface area (Å²) in [5, 5.41) is 8.07. The first-order valence-corrected chi connectivity index (χ1v) is 9.66. The third-order valence-electron chi connectivity index (χ3n) is 5.17. The van der Waals surface area contributed by atoms with Gasteiger partial charge in [-0.1, -0.05) is 47.5 Å². The topological polar surface area (TPSA) is 61.9 Å². The van der Waals surface area contributed by atoms with E-state index in [1.165, 1.54) is 0 Å². The van der Waals surface area contributed by atoms with Crippen LogP contribution in [0.2, 0.25) is 5.02 Å². The second kappa shape index (κ2) is 6.87. The van der Waals surface area contributed by atoms with Crippen LogP contribution in [0.25, 0.3) is 11.3 Å². The predicted molar refractivity (Wildman–Crippen MR) is 113 cm³/mol. The molecule has 2 aromatic carbocycles. The number of fused-ring (bicyclic) bond motifs is 1. The van der Waals surface area contributed by atoms with Gasteiger partial charge in [-0.05, 0) is 43.3 Å². The van der Waals surface area contributed by atoms with E-state index in [4.69, 9.17) is 11.6 Å². The zero-order valence-electron chi connectivity index (χ0n) is 15.6. The van der Waals surface area contributed by atoms with Crippen LogP contribution in [0.3, 0.4) is 0 Å². The van der Waals surface area contributed by atoms with Crippen molar-refractivity contribution in [2.45, 2.75) is 13.0 Å². The zero-order chi connectivity index (χ0) is 20.0. The first-order chi connectivity index (χ1) is 14.1. The quantitative estimate of drug-likeness (QED) is 0.515. The fourth-order valence-electron chi connectivity index (χ4n) is 3.76. The summed E-state index contributed by atoms with van der Waals surface area (Å²) in [6, 6.07) is 20.8. The second-order valence-corrected chi connectivity index (χ2v) is 7.47. The number of halogens is 1. The van der Waals surface area contributed by atoms with E-state index in [1.807, 2.05) is 73.7 Å². The molecule has 0 saturated heterocycles. The van der Waals surface area contributed by atoms with Gasteiger partial charge in [-0.3, -0.25) is 19.8 Å². The van der Waals surface area contributed by atoms with Crippen LogP contribution in [0, 0.1) is 6.92 Å². The molecule has 1 amide bonds. The Balaban J connectivity index is 1.71. The SMILES string of the molecule is Cc1ccc(N2C(=O)c3[nH]nc(-c4ccc(Cl)cc4)c3[C@@H]2c2ccccn2)cc1. The summed E-state index contributed by atoms with van der Waals surface area (Å²) in [5.74, 6) is -0.118. The molecule has 4 aromatic rings. The van der Waals surface area contributed by atoms with Gasteiger partial charge >= 0.3 is 0 Å². The molecular weight excluding hydrogens is 384 g/mol. The predicted octanol–water partition coefficient (Wildman–Crippen LogP) is 5.18. The normalized spacial score (nSPS) is 15.6. The van der Waals surface area contributed by atoms with E-state index in [9.17, 15) is 4.79 Å². The molecule has 0 unspecified atom stereocenters. The lowest BCUT2D eigenvalue weighted by molar-refractivity contribution is 0.0988. The van der Waals surface area contributed by atoms with E-state index < -0.39 is 0 Å². The number of H-pyrrole nitrogens is 1. The molecule has 1 aliphatic rings. The average molecular weight is 401 g/mol. The van der Waals surface area contributed by atoms with Crippen molar-refractivity contribution >= 4 is 23.2 Å². The Morgan fingerprint density at radius 2 is 1.76 bits per heavy atom. The number of pyridine rings is 1. The van der Waals surface area contributed by atoms with Crippen molar-refractivity contribution in [3.8, 4) is 11.3 Å². The van der Waals surface area contributed by atoms with Crippen LogP contribution in [0.15, 0.2) is 72.9 Å². The number of carbonyl (C=O) groups excluding carboxylic acids is 1. The molecule has 5 rings (SSSR count). The molecule has 6 heteroatoms. The van der Waals surface area contributed by atoms with Crippen LogP contribution in [0.4, 0.5) is 5.69 Å². The van der Waals surface area contributed by atoms with Gasteiger partial charge in [0.05, 0.1) is 11.4 Å². The minimum Gasteiger partial charge on any atom is -0.294 e. The monoisotopic (exact) mass is 400 g/mol. The van der Waals surface area contributed by atoms with Gasteiger partial charge < -0.3 is 0 Å². The maximum absolute atomic E-state index is 13.4. The second-order valence-electron chi connectivity index (χ2n) is 7.04. The summed E-state index contributed by atoms with van der Waals surface area (Å²) >= 11 is 6.05. The molecule has 29 heavy (non-hydrogen) atoms. The number of amides is 1. The Labute approximate surface area is 173 Å². The highest BCUT2D eigenvalue weighted by molar-refractivity contribution is 6.30. The lowest BCUT2D eigenvalue weighted by atomic mass is 9.99. The summed E-state index contributed by atoms with van der Waals surface area (Å²) in [6.45, 7) is 2.02. The third kappa shape index (κ3) is 2.91. The van der Waals surface area contributed by atoms with Crippen molar-refractivity contribution in [3.63, 3.8) is 0 Å². The number of rotatable bonds is 3. The van der Waals surface area contributed by atoms with Crippen molar-refractivity contribution in [1.29, 1.82) is 0 Å². The number of carbonyl (C=O) groups is 1. The van der Waals surface area contributed by atoms with Crippen LogP contribution in [0.5, 0.6) is 0 Å². The van der Waals surface area contributed by atoms with E-state index >= 15 is 0 Å². The summed E-state index contributed by atoms with van der Waals surface area (Å²) in [5.41, 5.74) is 5.70. The largest absolute Gasteiger partial charge is 0.294 e. The number of anilines is 1. The van der Waals surface area contributed by atoms with Gasteiger partial charge in [0, 0.05) is 28.0 Å². The highest BCUT2D eigenvalue weighted by atomic mass is 35.5. The molecule has 5 nitrogen and oxygen atoms in total. The summed E-state index contributed by atoms with van der Waals surface area (Å²) < 4.78 is 0. The average Bonchev–Trinajstić information content (AvgIpc) is 3.29. The van der Waals surface area contributed by atoms with Gasteiger partial charge in [0.15, 0.2) is 0 Å². The van der Waals surface area contributed by atoms with Gasteiger partial charge in [0.1, 0.15) is 11.7 Å². The Kier molecular flexibility index (Phi) is 4.18. The number of nitrogens with one attached hydrogen (secondary N) is 1. The van der Waals surface area contributed by atoms with E-state index in [0.717, 1.165) is 33.8 Å². The molecule has 0 bridgehead atoms. The molecule has 0 fully saturated rings. The zero-order valence-corrected chi connectivity index (χ0v) is 16.4. The van der Waals surface area contributed by atoms with Gasteiger partial charge in [-0.25, -0.2) is 0 Å². The number of nitrogens with zero attached hydrogens (tertiary/aromatic N) is 3. The van der Waals surface area contributed by atoms with Crippen LogP contribution in [-0.2, 0) is 0 Å². The maximum atomic E-state index is 13.4. The van der Waals surface area contributed by atoms with E-state index in [1.54, 1.807) is 11.1 Å². The molecule has 142 valence electrons. The number of aromatic nitrogens is 3. The first kappa shape index (κ1) is 17.6. The number of hydrogen-bond donors (Lipinski definition) is 1. The number of hydrogen-bond acceptors (Lipinski definition) is 3. The van der Waals surface area contributed by atoms with Crippen molar-refractivity contribution in [3.05, 3.63) is 100 Å². The van der Waals surface area contributed by atoms with Crippen molar-refractivity contribution in [2.24, 2.45) is 0 Å². The van der Waals surface area contributed by atoms with E-state index in [-0.39, 0.29) is 11.9 Å². The van der Waals surface area contributed by atoms with Gasteiger partial charge in [-0.15, -0.1) is 0 Å². The van der Waals surface area contributed by atoms with Crippen LogP contribution in [-0.4, -0.2) is 21.1 Å². The lowest BCUT2D eigenvalue weighted by Gasteiger charge is -2.25. The minimum atomic E-state index is -0.370. The Bertz CT molecular complexity index is 1180. The molecule has 1 N–H and O–H groups in total. The smallest absolute Gasteiger partial charge is 0.277 e.